The maximum absolute atomic E-state index is 12.9. The molecule has 0 radical (unpaired) electrons. The number of amides is 2. The molecule has 0 bridgehead atoms. The monoisotopic (exact) mass is 388 g/mol. The summed E-state index contributed by atoms with van der Waals surface area (Å²) in [5.74, 6) is 0.213. The highest BCUT2D eigenvalue weighted by Crippen LogP contribution is 2.29. The molecular formula is C21H25ClN2O3. The number of methoxy groups -OCH3 is 1. The Morgan fingerprint density at radius 1 is 1.07 bits per heavy atom. The molecule has 144 valence electrons. The zero-order valence-electron chi connectivity index (χ0n) is 16.2. The van der Waals surface area contributed by atoms with Gasteiger partial charge in [-0.25, -0.2) is 0 Å². The number of rotatable bonds is 6. The van der Waals surface area contributed by atoms with Gasteiger partial charge in [-0.05, 0) is 41.8 Å². The van der Waals surface area contributed by atoms with E-state index in [4.69, 9.17) is 16.3 Å². The molecule has 2 amide bonds. The Balaban J connectivity index is 2.22. The van der Waals surface area contributed by atoms with Crippen LogP contribution < -0.4 is 10.1 Å². The Bertz CT molecular complexity index is 817. The SMILES string of the molecule is COc1ccc(C(C(=O)Nc2ccc(C(=O)N(C)C)c(Cl)c2)C(C)C)cc1. The van der Waals surface area contributed by atoms with Crippen molar-refractivity contribution in [2.75, 3.05) is 26.5 Å². The van der Waals surface area contributed by atoms with Gasteiger partial charge in [-0.2, -0.15) is 0 Å². The van der Waals surface area contributed by atoms with Crippen molar-refractivity contribution in [3.8, 4) is 5.75 Å². The summed E-state index contributed by atoms with van der Waals surface area (Å²) < 4.78 is 5.18. The quantitative estimate of drug-likeness (QED) is 0.796. The van der Waals surface area contributed by atoms with Gasteiger partial charge in [0.05, 0.1) is 23.6 Å². The zero-order chi connectivity index (χ0) is 20.1. The lowest BCUT2D eigenvalue weighted by molar-refractivity contribution is -0.118. The molecule has 0 saturated heterocycles. The van der Waals surface area contributed by atoms with Gasteiger partial charge < -0.3 is 15.0 Å². The molecule has 0 fully saturated rings. The van der Waals surface area contributed by atoms with Crippen LogP contribution in [0.1, 0.15) is 35.7 Å². The predicted octanol–water partition coefficient (Wildman–Crippen LogP) is 4.43. The summed E-state index contributed by atoms with van der Waals surface area (Å²) in [6.45, 7) is 4.00. The number of halogens is 1. The van der Waals surface area contributed by atoms with E-state index < -0.39 is 0 Å². The lowest BCUT2D eigenvalue weighted by atomic mass is 9.87. The number of carbonyl (C=O) groups is 2. The highest BCUT2D eigenvalue weighted by atomic mass is 35.5. The number of nitrogens with one attached hydrogen (secondary N) is 1. The molecule has 1 unspecified atom stereocenters. The first kappa shape index (κ1) is 20.8. The van der Waals surface area contributed by atoms with Crippen LogP contribution in [0.3, 0.4) is 0 Å². The van der Waals surface area contributed by atoms with Gasteiger partial charge in [-0.15, -0.1) is 0 Å². The Hall–Kier alpha value is -2.53. The van der Waals surface area contributed by atoms with Crippen LogP contribution >= 0.6 is 11.6 Å². The molecule has 0 heterocycles. The molecule has 2 aromatic rings. The van der Waals surface area contributed by atoms with E-state index >= 15 is 0 Å². The average molecular weight is 389 g/mol. The summed E-state index contributed by atoms with van der Waals surface area (Å²) in [4.78, 5) is 26.4. The highest BCUT2D eigenvalue weighted by molar-refractivity contribution is 6.34. The van der Waals surface area contributed by atoms with Crippen molar-refractivity contribution in [1.29, 1.82) is 0 Å². The van der Waals surface area contributed by atoms with Gasteiger partial charge in [-0.1, -0.05) is 37.6 Å². The second kappa shape index (κ2) is 8.91. The van der Waals surface area contributed by atoms with Gasteiger partial charge in [0.2, 0.25) is 5.91 Å². The molecule has 6 heteroatoms. The smallest absolute Gasteiger partial charge is 0.254 e. The number of nitrogens with zero attached hydrogens (tertiary/aromatic N) is 1. The molecule has 5 nitrogen and oxygen atoms in total. The summed E-state index contributed by atoms with van der Waals surface area (Å²) in [5, 5.41) is 3.21. The fraction of sp³-hybridized carbons (Fsp3) is 0.333. The van der Waals surface area contributed by atoms with Gasteiger partial charge in [-0.3, -0.25) is 9.59 Å². The molecule has 2 aromatic carbocycles. The first-order valence-corrected chi connectivity index (χ1v) is 9.08. The van der Waals surface area contributed by atoms with E-state index in [-0.39, 0.29) is 23.7 Å². The van der Waals surface area contributed by atoms with E-state index in [2.05, 4.69) is 5.32 Å². The number of benzene rings is 2. The van der Waals surface area contributed by atoms with Gasteiger partial charge in [0.25, 0.3) is 5.91 Å². The minimum atomic E-state index is -0.322. The van der Waals surface area contributed by atoms with E-state index in [9.17, 15) is 9.59 Å². The van der Waals surface area contributed by atoms with Gasteiger partial charge in [0.15, 0.2) is 0 Å². The maximum Gasteiger partial charge on any atom is 0.254 e. The first-order chi connectivity index (χ1) is 12.7. The molecule has 0 aromatic heterocycles. The summed E-state index contributed by atoms with van der Waals surface area (Å²) in [6, 6.07) is 12.4. The number of anilines is 1. The van der Waals surface area contributed by atoms with Crippen molar-refractivity contribution in [3.05, 3.63) is 58.6 Å². The van der Waals surface area contributed by atoms with Crippen molar-refractivity contribution in [1.82, 2.24) is 4.90 Å². The van der Waals surface area contributed by atoms with Crippen molar-refractivity contribution >= 4 is 29.1 Å². The van der Waals surface area contributed by atoms with Crippen LogP contribution in [-0.2, 0) is 4.79 Å². The maximum atomic E-state index is 12.9. The molecule has 0 aliphatic heterocycles. The van der Waals surface area contributed by atoms with E-state index in [1.807, 2.05) is 38.1 Å². The molecule has 0 aliphatic carbocycles. The molecular weight excluding hydrogens is 364 g/mol. The zero-order valence-corrected chi connectivity index (χ0v) is 17.0. The fourth-order valence-corrected chi connectivity index (χ4v) is 3.14. The predicted molar refractivity (Wildman–Crippen MR) is 109 cm³/mol. The van der Waals surface area contributed by atoms with Crippen LogP contribution in [0.4, 0.5) is 5.69 Å². The number of ether oxygens (including phenoxy) is 1. The van der Waals surface area contributed by atoms with Crippen LogP contribution in [0.2, 0.25) is 5.02 Å². The molecule has 1 N–H and O–H groups in total. The Kier molecular flexibility index (Phi) is 6.86. The molecule has 0 spiro atoms. The second-order valence-electron chi connectivity index (χ2n) is 6.88. The molecule has 0 saturated carbocycles. The fourth-order valence-electron chi connectivity index (χ4n) is 2.88. The molecule has 27 heavy (non-hydrogen) atoms. The highest BCUT2D eigenvalue weighted by Gasteiger charge is 2.24. The minimum Gasteiger partial charge on any atom is -0.497 e. The Morgan fingerprint density at radius 2 is 1.70 bits per heavy atom. The van der Waals surface area contributed by atoms with Crippen LogP contribution in [-0.4, -0.2) is 37.9 Å². The second-order valence-corrected chi connectivity index (χ2v) is 7.29. The van der Waals surface area contributed by atoms with E-state index in [1.165, 1.54) is 4.90 Å². The van der Waals surface area contributed by atoms with Crippen LogP contribution in [0, 0.1) is 5.92 Å². The first-order valence-electron chi connectivity index (χ1n) is 8.70. The summed E-state index contributed by atoms with van der Waals surface area (Å²) in [6.07, 6.45) is 0. The van der Waals surface area contributed by atoms with Crippen molar-refractivity contribution < 1.29 is 14.3 Å². The molecule has 0 aliphatic rings. The van der Waals surface area contributed by atoms with Gasteiger partial charge >= 0.3 is 0 Å². The van der Waals surface area contributed by atoms with Gasteiger partial charge in [0, 0.05) is 19.8 Å². The lowest BCUT2D eigenvalue weighted by Gasteiger charge is -2.21. The lowest BCUT2D eigenvalue weighted by Crippen LogP contribution is -2.25. The minimum absolute atomic E-state index is 0.100. The van der Waals surface area contributed by atoms with E-state index in [0.717, 1.165) is 11.3 Å². The average Bonchev–Trinajstić information content (AvgIpc) is 2.61. The van der Waals surface area contributed by atoms with Gasteiger partial charge in [0.1, 0.15) is 5.75 Å². The molecule has 2 rings (SSSR count). The number of carbonyl (C=O) groups excluding carboxylic acids is 2. The largest absolute Gasteiger partial charge is 0.497 e. The normalized spacial score (nSPS) is 11.8. The standard InChI is InChI=1S/C21H25ClN2O3/c1-13(2)19(14-6-9-16(27-5)10-7-14)20(25)23-15-8-11-17(18(22)12-15)21(26)24(3)4/h6-13,19H,1-5H3,(H,23,25). The Morgan fingerprint density at radius 3 is 2.19 bits per heavy atom. The topological polar surface area (TPSA) is 58.6 Å². The number of hydrogen-bond acceptors (Lipinski definition) is 3. The third kappa shape index (κ3) is 5.01. The van der Waals surface area contributed by atoms with Crippen LogP contribution in [0.15, 0.2) is 42.5 Å². The Labute approximate surface area is 165 Å². The van der Waals surface area contributed by atoms with E-state index in [1.54, 1.807) is 39.4 Å². The van der Waals surface area contributed by atoms with Crippen molar-refractivity contribution in [2.24, 2.45) is 5.92 Å². The third-order valence-electron chi connectivity index (χ3n) is 4.30. The number of hydrogen-bond donors (Lipinski definition) is 1. The summed E-state index contributed by atoms with van der Waals surface area (Å²) in [7, 11) is 4.93. The summed E-state index contributed by atoms with van der Waals surface area (Å²) in [5.41, 5.74) is 1.86. The third-order valence-corrected chi connectivity index (χ3v) is 4.61. The van der Waals surface area contributed by atoms with Crippen molar-refractivity contribution in [3.63, 3.8) is 0 Å². The molecule has 1 atom stereocenters. The van der Waals surface area contributed by atoms with E-state index in [0.29, 0.717) is 16.3 Å². The van der Waals surface area contributed by atoms with Crippen molar-refractivity contribution in [2.45, 2.75) is 19.8 Å². The summed E-state index contributed by atoms with van der Waals surface area (Å²) >= 11 is 6.23. The van der Waals surface area contributed by atoms with Crippen LogP contribution in [0.5, 0.6) is 5.75 Å². The van der Waals surface area contributed by atoms with Crippen LogP contribution in [0.25, 0.3) is 0 Å².